The predicted molar refractivity (Wildman–Crippen MR) is 91.5 cm³/mol. The zero-order valence-electron chi connectivity index (χ0n) is 16.2. The first-order chi connectivity index (χ1) is 12.6. The summed E-state index contributed by atoms with van der Waals surface area (Å²) in [7, 11) is 0. The van der Waals surface area contributed by atoms with Gasteiger partial charge in [-0.2, -0.15) is 0 Å². The molecule has 2 saturated carbocycles. The molecule has 3 aliphatic heterocycles. The molecule has 27 heavy (non-hydrogen) atoms. The van der Waals surface area contributed by atoms with Crippen LogP contribution < -0.4 is 0 Å². The van der Waals surface area contributed by atoms with Crippen LogP contribution in [-0.4, -0.2) is 58.3 Å². The van der Waals surface area contributed by atoms with Crippen molar-refractivity contribution >= 4 is 11.9 Å². The molecule has 3 saturated heterocycles. The molecule has 1 spiro atoms. The second-order valence-electron chi connectivity index (χ2n) is 9.19. The lowest BCUT2D eigenvalue weighted by atomic mass is 9.73. The van der Waals surface area contributed by atoms with Gasteiger partial charge in [0.25, 0.3) is 0 Å². The Morgan fingerprint density at radius 3 is 2.67 bits per heavy atom. The van der Waals surface area contributed by atoms with Crippen LogP contribution in [0.2, 0.25) is 0 Å². The number of aliphatic hydroxyl groups is 1. The fourth-order valence-electron chi connectivity index (χ4n) is 6.07. The lowest BCUT2D eigenvalue weighted by Gasteiger charge is -2.36. The van der Waals surface area contributed by atoms with Crippen LogP contribution in [0.4, 0.5) is 0 Å². The van der Waals surface area contributed by atoms with E-state index in [1.54, 1.807) is 33.8 Å². The Kier molecular flexibility index (Phi) is 3.22. The number of rotatable bonds is 2. The van der Waals surface area contributed by atoms with Crippen molar-refractivity contribution in [2.45, 2.75) is 82.3 Å². The minimum Gasteiger partial charge on any atom is -0.461 e. The number of esters is 2. The standard InChI is InChI=1S/C20H26O7/c1-6-8(2)16(21)24-10-7-18(4,23)20-13(12-11(10)9(3)17(22)25-12)19(5)14(26-19)15(20)27-20/h6,9-15,23H,7H2,1-5H3/b8-6-/t9-,10-,11+,12-,13?,14+,15-,18-,19-,20+/m0/s1. The Balaban J connectivity index is 1.57. The largest absolute Gasteiger partial charge is 0.461 e. The average Bonchev–Trinajstić information content (AvgIpc) is 3.45. The first-order valence-electron chi connectivity index (χ1n) is 9.71. The summed E-state index contributed by atoms with van der Waals surface area (Å²) < 4.78 is 23.6. The van der Waals surface area contributed by atoms with Gasteiger partial charge in [0.1, 0.15) is 35.6 Å². The highest BCUT2D eigenvalue weighted by atomic mass is 16.7. The van der Waals surface area contributed by atoms with E-state index in [0.717, 1.165) is 0 Å². The highest BCUT2D eigenvalue weighted by molar-refractivity contribution is 5.87. The van der Waals surface area contributed by atoms with Crippen molar-refractivity contribution in [2.75, 3.05) is 0 Å². The van der Waals surface area contributed by atoms with E-state index in [0.29, 0.717) is 5.57 Å². The van der Waals surface area contributed by atoms with Gasteiger partial charge in [-0.05, 0) is 27.7 Å². The summed E-state index contributed by atoms with van der Waals surface area (Å²) in [5.41, 5.74) is -2.01. The second kappa shape index (κ2) is 4.93. The Bertz CT molecular complexity index is 772. The third-order valence-corrected chi connectivity index (χ3v) is 7.72. The van der Waals surface area contributed by atoms with Crippen LogP contribution in [0, 0.1) is 17.8 Å². The van der Waals surface area contributed by atoms with E-state index < -0.39 is 40.9 Å². The first-order valence-corrected chi connectivity index (χ1v) is 9.71. The maximum absolute atomic E-state index is 12.5. The highest BCUT2D eigenvalue weighted by Crippen LogP contribution is 2.75. The van der Waals surface area contributed by atoms with Crippen LogP contribution in [0.1, 0.15) is 41.0 Å². The molecule has 10 atom stereocenters. The number of carbonyl (C=O) groups excluding carboxylic acids is 2. The van der Waals surface area contributed by atoms with E-state index in [-0.39, 0.29) is 36.4 Å². The Labute approximate surface area is 158 Å². The van der Waals surface area contributed by atoms with Crippen LogP contribution in [-0.2, 0) is 28.5 Å². The smallest absolute Gasteiger partial charge is 0.333 e. The van der Waals surface area contributed by atoms with E-state index in [1.165, 1.54) is 0 Å². The summed E-state index contributed by atoms with van der Waals surface area (Å²) in [5.74, 6) is -1.78. The molecule has 3 heterocycles. The topological polar surface area (TPSA) is 97.9 Å². The lowest BCUT2D eigenvalue weighted by Crippen LogP contribution is -2.53. The fraction of sp³-hybridized carbons (Fsp3) is 0.800. The quantitative estimate of drug-likeness (QED) is 0.437. The van der Waals surface area contributed by atoms with Gasteiger partial charge in [0.15, 0.2) is 0 Å². The van der Waals surface area contributed by atoms with Crippen LogP contribution in [0.5, 0.6) is 0 Å². The van der Waals surface area contributed by atoms with Gasteiger partial charge in [0, 0.05) is 17.9 Å². The molecule has 148 valence electrons. The van der Waals surface area contributed by atoms with Crippen molar-refractivity contribution in [3.05, 3.63) is 11.6 Å². The normalized spacial score (nSPS) is 57.6. The van der Waals surface area contributed by atoms with Gasteiger partial charge in [-0.1, -0.05) is 13.0 Å². The van der Waals surface area contributed by atoms with Crippen LogP contribution >= 0.6 is 0 Å². The number of fused-ring (bicyclic) bond motifs is 5. The predicted octanol–water partition coefficient (Wildman–Crippen LogP) is 1.12. The maximum atomic E-state index is 12.5. The molecule has 7 heteroatoms. The van der Waals surface area contributed by atoms with E-state index in [9.17, 15) is 14.7 Å². The van der Waals surface area contributed by atoms with Gasteiger partial charge in [0.05, 0.1) is 17.4 Å². The summed E-state index contributed by atoms with van der Waals surface area (Å²) in [5, 5.41) is 11.4. The summed E-state index contributed by atoms with van der Waals surface area (Å²) >= 11 is 0. The van der Waals surface area contributed by atoms with E-state index in [4.69, 9.17) is 18.9 Å². The third kappa shape index (κ3) is 1.93. The van der Waals surface area contributed by atoms with Crippen molar-refractivity contribution in [1.29, 1.82) is 0 Å². The SMILES string of the molecule is C/C=C(/C)C(=O)O[C@H]1C[C@](C)(O)[C@]23O[C@H]2[C@H]2O[C@@]2(C)C3[C@H]2OC(=O)[C@@H](C)[C@H]12. The maximum Gasteiger partial charge on any atom is 0.333 e. The molecule has 1 N–H and O–H groups in total. The summed E-state index contributed by atoms with van der Waals surface area (Å²) in [6, 6.07) is 0. The molecule has 0 aromatic rings. The molecule has 2 aliphatic carbocycles. The van der Waals surface area contributed by atoms with Crippen molar-refractivity contribution in [2.24, 2.45) is 17.8 Å². The monoisotopic (exact) mass is 378 g/mol. The molecule has 1 unspecified atom stereocenters. The van der Waals surface area contributed by atoms with Crippen molar-refractivity contribution < 1.29 is 33.6 Å². The molecule has 0 aromatic carbocycles. The van der Waals surface area contributed by atoms with Gasteiger partial charge in [-0.25, -0.2) is 4.79 Å². The first kappa shape index (κ1) is 17.6. The summed E-state index contributed by atoms with van der Waals surface area (Å²) in [4.78, 5) is 24.9. The minimum absolute atomic E-state index is 0.0754. The van der Waals surface area contributed by atoms with Gasteiger partial charge >= 0.3 is 11.9 Å². The molecule has 0 aromatic heterocycles. The fourth-order valence-corrected chi connectivity index (χ4v) is 6.07. The molecular formula is C20H26O7. The van der Waals surface area contributed by atoms with Gasteiger partial charge in [-0.3, -0.25) is 4.79 Å². The van der Waals surface area contributed by atoms with Crippen LogP contribution in [0.15, 0.2) is 11.6 Å². The Hall–Kier alpha value is -1.44. The third-order valence-electron chi connectivity index (χ3n) is 7.72. The zero-order chi connectivity index (χ0) is 19.5. The molecule has 0 radical (unpaired) electrons. The van der Waals surface area contributed by atoms with Crippen LogP contribution in [0.3, 0.4) is 0 Å². The van der Waals surface area contributed by atoms with E-state index >= 15 is 0 Å². The van der Waals surface area contributed by atoms with Crippen LogP contribution in [0.25, 0.3) is 0 Å². The molecule has 0 amide bonds. The molecule has 0 bridgehead atoms. The Morgan fingerprint density at radius 1 is 1.30 bits per heavy atom. The summed E-state index contributed by atoms with van der Waals surface area (Å²) in [6.45, 7) is 9.00. The second-order valence-corrected chi connectivity index (χ2v) is 9.19. The minimum atomic E-state index is -1.21. The van der Waals surface area contributed by atoms with E-state index in [1.807, 2.05) is 6.92 Å². The number of carbonyl (C=O) groups is 2. The number of allylic oxidation sites excluding steroid dienone is 1. The lowest BCUT2D eigenvalue weighted by molar-refractivity contribution is -0.154. The molecule has 5 rings (SSSR count). The van der Waals surface area contributed by atoms with Crippen molar-refractivity contribution in [1.82, 2.24) is 0 Å². The molecule has 5 fully saturated rings. The number of epoxide rings is 2. The number of hydrogen-bond donors (Lipinski definition) is 1. The zero-order valence-corrected chi connectivity index (χ0v) is 16.2. The van der Waals surface area contributed by atoms with Gasteiger partial charge in [0.2, 0.25) is 0 Å². The molecular weight excluding hydrogens is 352 g/mol. The van der Waals surface area contributed by atoms with Gasteiger partial charge < -0.3 is 24.1 Å². The molecule has 5 aliphatic rings. The van der Waals surface area contributed by atoms with Crippen molar-refractivity contribution in [3.63, 3.8) is 0 Å². The van der Waals surface area contributed by atoms with E-state index in [2.05, 4.69) is 0 Å². The number of hydrogen-bond acceptors (Lipinski definition) is 7. The average molecular weight is 378 g/mol. The summed E-state index contributed by atoms with van der Waals surface area (Å²) in [6.07, 6.45) is 0.462. The Morgan fingerprint density at radius 2 is 2.00 bits per heavy atom. The number of ether oxygens (including phenoxy) is 4. The van der Waals surface area contributed by atoms with Gasteiger partial charge in [-0.15, -0.1) is 0 Å². The molecule has 7 nitrogen and oxygen atoms in total. The highest BCUT2D eigenvalue weighted by Gasteiger charge is 2.93. The van der Waals surface area contributed by atoms with Crippen molar-refractivity contribution in [3.8, 4) is 0 Å².